The van der Waals surface area contributed by atoms with Crippen molar-refractivity contribution >= 4 is 28.4 Å². The standard InChI is InChI=1S/C21H19ClF2N4O2/c1-13(17(24)4-2-3-8-23)10-19-27-20(28-30-19)21(29)25-9-7-14-12-26-18-6-5-15(22)11-16(14)18/h2-6,11-12,26H,1,7-10H2,(H,25,29)/b3-2-,17-4+. The molecule has 1 amide bonds. The quantitative estimate of drug-likeness (QED) is 0.482. The summed E-state index contributed by atoms with van der Waals surface area (Å²) in [6, 6.07) is 5.56. The van der Waals surface area contributed by atoms with Crippen molar-refractivity contribution in [3.63, 3.8) is 0 Å². The smallest absolute Gasteiger partial charge is 0.292 e. The second-order valence-electron chi connectivity index (χ2n) is 6.40. The van der Waals surface area contributed by atoms with Crippen LogP contribution in [0.5, 0.6) is 0 Å². The predicted octanol–water partition coefficient (Wildman–Crippen LogP) is 4.65. The fraction of sp³-hybridized carbons (Fsp3) is 0.190. The molecule has 2 aromatic heterocycles. The molecule has 30 heavy (non-hydrogen) atoms. The molecule has 0 fully saturated rings. The van der Waals surface area contributed by atoms with Gasteiger partial charge in [-0.25, -0.2) is 8.78 Å². The number of nitrogens with one attached hydrogen (secondary N) is 2. The van der Waals surface area contributed by atoms with Gasteiger partial charge >= 0.3 is 0 Å². The van der Waals surface area contributed by atoms with Gasteiger partial charge < -0.3 is 14.8 Å². The first-order valence-corrected chi connectivity index (χ1v) is 9.48. The minimum atomic E-state index is -0.688. The average molecular weight is 433 g/mol. The van der Waals surface area contributed by atoms with E-state index < -0.39 is 18.4 Å². The number of rotatable bonds is 9. The van der Waals surface area contributed by atoms with E-state index in [9.17, 15) is 13.6 Å². The minimum Gasteiger partial charge on any atom is -0.361 e. The van der Waals surface area contributed by atoms with Crippen LogP contribution >= 0.6 is 11.6 Å². The van der Waals surface area contributed by atoms with E-state index in [1.807, 2.05) is 18.3 Å². The second kappa shape index (κ2) is 9.98. The summed E-state index contributed by atoms with van der Waals surface area (Å²) >= 11 is 6.04. The number of benzene rings is 1. The molecule has 2 heterocycles. The number of amides is 1. The first kappa shape index (κ1) is 21.4. The predicted molar refractivity (Wildman–Crippen MR) is 111 cm³/mol. The summed E-state index contributed by atoms with van der Waals surface area (Å²) in [5, 5.41) is 7.96. The number of aromatic nitrogens is 3. The van der Waals surface area contributed by atoms with Crippen LogP contribution < -0.4 is 5.32 Å². The van der Waals surface area contributed by atoms with Gasteiger partial charge in [-0.15, -0.1) is 0 Å². The fourth-order valence-corrected chi connectivity index (χ4v) is 2.93. The number of halogens is 3. The van der Waals surface area contributed by atoms with Crippen molar-refractivity contribution in [2.24, 2.45) is 0 Å². The summed E-state index contributed by atoms with van der Waals surface area (Å²) in [4.78, 5) is 19.3. The lowest BCUT2D eigenvalue weighted by molar-refractivity contribution is 0.0941. The zero-order valence-electron chi connectivity index (χ0n) is 15.9. The van der Waals surface area contributed by atoms with E-state index in [0.717, 1.165) is 28.6 Å². The first-order valence-electron chi connectivity index (χ1n) is 9.10. The number of hydrogen-bond acceptors (Lipinski definition) is 4. The summed E-state index contributed by atoms with van der Waals surface area (Å²) < 4.78 is 30.8. The van der Waals surface area contributed by atoms with Gasteiger partial charge in [0.1, 0.15) is 12.5 Å². The van der Waals surface area contributed by atoms with Gasteiger partial charge in [0.15, 0.2) is 0 Å². The average Bonchev–Trinajstić information content (AvgIpc) is 3.35. The molecule has 3 aromatic rings. The summed E-state index contributed by atoms with van der Waals surface area (Å²) in [7, 11) is 0. The number of hydrogen-bond donors (Lipinski definition) is 2. The maximum Gasteiger partial charge on any atom is 0.292 e. The van der Waals surface area contributed by atoms with Gasteiger partial charge in [0.05, 0.1) is 6.42 Å². The summed E-state index contributed by atoms with van der Waals surface area (Å²) in [5.74, 6) is -1.24. The molecule has 0 saturated carbocycles. The van der Waals surface area contributed by atoms with Gasteiger partial charge in [0, 0.05) is 28.7 Å². The monoisotopic (exact) mass is 432 g/mol. The van der Waals surface area contributed by atoms with Crippen molar-refractivity contribution in [1.82, 2.24) is 20.4 Å². The molecule has 0 unspecified atom stereocenters. The molecule has 2 N–H and O–H groups in total. The van der Waals surface area contributed by atoms with Crippen molar-refractivity contribution in [3.05, 3.63) is 82.9 Å². The molecule has 156 valence electrons. The van der Waals surface area contributed by atoms with Crippen LogP contribution in [0.25, 0.3) is 10.9 Å². The Morgan fingerprint density at radius 2 is 2.23 bits per heavy atom. The number of nitrogens with zero attached hydrogens (tertiary/aromatic N) is 2. The van der Waals surface area contributed by atoms with Crippen LogP contribution in [0.1, 0.15) is 22.1 Å². The van der Waals surface area contributed by atoms with Gasteiger partial charge in [0.2, 0.25) is 5.89 Å². The third kappa shape index (κ3) is 5.42. The fourth-order valence-electron chi connectivity index (χ4n) is 2.75. The van der Waals surface area contributed by atoms with E-state index in [0.29, 0.717) is 18.0 Å². The Hall–Kier alpha value is -3.26. The SMILES string of the molecule is C=C(Cc1nc(C(=O)NCCc2c[nH]c3ccc(Cl)cc23)no1)/C(F)=C\C=C/CF. The van der Waals surface area contributed by atoms with Crippen LogP contribution in [0.2, 0.25) is 5.02 Å². The highest BCUT2D eigenvalue weighted by molar-refractivity contribution is 6.31. The Morgan fingerprint density at radius 1 is 1.40 bits per heavy atom. The molecule has 0 radical (unpaired) electrons. The molecule has 0 aliphatic carbocycles. The molecular formula is C21H19ClF2N4O2. The van der Waals surface area contributed by atoms with Gasteiger partial charge in [-0.2, -0.15) is 4.98 Å². The highest BCUT2D eigenvalue weighted by Gasteiger charge is 2.16. The zero-order chi connectivity index (χ0) is 21.5. The number of fused-ring (bicyclic) bond motifs is 1. The minimum absolute atomic E-state index is 0.0504. The molecule has 1 aromatic carbocycles. The Kier molecular flexibility index (Phi) is 7.13. The Balaban J connectivity index is 1.53. The molecule has 3 rings (SSSR count). The van der Waals surface area contributed by atoms with Crippen molar-refractivity contribution in [1.29, 1.82) is 0 Å². The van der Waals surface area contributed by atoms with Crippen LogP contribution in [-0.2, 0) is 12.8 Å². The van der Waals surface area contributed by atoms with Crippen LogP contribution in [-0.4, -0.2) is 34.3 Å². The normalized spacial score (nSPS) is 12.0. The number of alkyl halides is 1. The van der Waals surface area contributed by atoms with E-state index in [4.69, 9.17) is 16.1 Å². The Bertz CT molecular complexity index is 1120. The molecule has 0 spiro atoms. The van der Waals surface area contributed by atoms with Crippen molar-refractivity contribution in [2.75, 3.05) is 13.2 Å². The van der Waals surface area contributed by atoms with Crippen LogP contribution in [0.4, 0.5) is 8.78 Å². The maximum absolute atomic E-state index is 13.8. The lowest BCUT2D eigenvalue weighted by Crippen LogP contribution is -2.26. The van der Waals surface area contributed by atoms with Gasteiger partial charge in [-0.3, -0.25) is 4.79 Å². The molecule has 0 bridgehead atoms. The molecule has 0 aliphatic heterocycles. The molecule has 9 heteroatoms. The summed E-state index contributed by atoms with van der Waals surface area (Å²) in [5.41, 5.74) is 2.05. The number of aromatic amines is 1. The molecule has 0 aliphatic rings. The highest BCUT2D eigenvalue weighted by Crippen LogP contribution is 2.22. The Morgan fingerprint density at radius 3 is 3.03 bits per heavy atom. The largest absolute Gasteiger partial charge is 0.361 e. The molecular weight excluding hydrogens is 414 g/mol. The maximum atomic E-state index is 13.8. The van der Waals surface area contributed by atoms with Crippen LogP contribution in [0.3, 0.4) is 0 Å². The summed E-state index contributed by atoms with van der Waals surface area (Å²) in [6.45, 7) is 3.25. The third-order valence-electron chi connectivity index (χ3n) is 4.25. The number of H-pyrrole nitrogens is 1. The molecule has 0 atom stereocenters. The molecule has 6 nitrogen and oxygen atoms in total. The third-order valence-corrected chi connectivity index (χ3v) is 4.49. The van der Waals surface area contributed by atoms with E-state index >= 15 is 0 Å². The van der Waals surface area contributed by atoms with Crippen LogP contribution in [0.15, 0.2) is 65.1 Å². The van der Waals surface area contributed by atoms with E-state index in [1.165, 1.54) is 6.08 Å². The summed E-state index contributed by atoms with van der Waals surface area (Å²) in [6.07, 6.45) is 5.87. The van der Waals surface area contributed by atoms with E-state index in [-0.39, 0.29) is 23.7 Å². The van der Waals surface area contributed by atoms with Crippen molar-refractivity contribution < 1.29 is 18.1 Å². The number of carbonyl (C=O) groups is 1. The van der Waals surface area contributed by atoms with Crippen LogP contribution in [0, 0.1) is 0 Å². The lowest BCUT2D eigenvalue weighted by Gasteiger charge is -2.02. The van der Waals surface area contributed by atoms with Crippen molar-refractivity contribution in [3.8, 4) is 0 Å². The number of carbonyl (C=O) groups excluding carboxylic acids is 1. The second-order valence-corrected chi connectivity index (χ2v) is 6.84. The first-order chi connectivity index (χ1) is 14.5. The topological polar surface area (TPSA) is 83.8 Å². The highest BCUT2D eigenvalue weighted by atomic mass is 35.5. The van der Waals surface area contributed by atoms with Gasteiger partial charge in [-0.05, 0) is 41.8 Å². The lowest BCUT2D eigenvalue weighted by atomic mass is 10.1. The molecule has 0 saturated heterocycles. The zero-order valence-corrected chi connectivity index (χ0v) is 16.7. The number of allylic oxidation sites excluding steroid dienone is 5. The van der Waals surface area contributed by atoms with Gasteiger partial charge in [0.25, 0.3) is 11.7 Å². The van der Waals surface area contributed by atoms with Gasteiger partial charge in [-0.1, -0.05) is 35.5 Å². The van der Waals surface area contributed by atoms with Crippen molar-refractivity contribution in [2.45, 2.75) is 12.8 Å². The van der Waals surface area contributed by atoms with E-state index in [1.54, 1.807) is 6.07 Å². The Labute approximate surface area is 176 Å². The van der Waals surface area contributed by atoms with E-state index in [2.05, 4.69) is 27.0 Å².